The van der Waals surface area contributed by atoms with E-state index in [1.165, 1.54) is 5.56 Å². The predicted octanol–water partition coefficient (Wildman–Crippen LogP) is 4.52. The molecule has 1 aliphatic heterocycles. The van der Waals surface area contributed by atoms with Gasteiger partial charge in [0, 0.05) is 18.3 Å². The van der Waals surface area contributed by atoms with Crippen LogP contribution in [0.1, 0.15) is 31.9 Å². The highest BCUT2D eigenvalue weighted by Crippen LogP contribution is 2.37. The number of fused-ring (bicyclic) bond motifs is 1. The zero-order valence-corrected chi connectivity index (χ0v) is 15.5. The average Bonchev–Trinajstić information content (AvgIpc) is 2.58. The number of hydrogen-bond acceptors (Lipinski definition) is 3. The number of nitrogen functional groups attached to an aromatic ring is 1. The smallest absolute Gasteiger partial charge is 0.294 e. The van der Waals surface area contributed by atoms with Crippen molar-refractivity contribution in [2.75, 3.05) is 17.2 Å². The van der Waals surface area contributed by atoms with Crippen LogP contribution in [0.5, 0.6) is 5.75 Å². The Labute approximate surface area is 154 Å². The number of carbonyl (C=O) groups excluding carboxylic acids is 1. The monoisotopic (exact) mass is 348 g/mol. The van der Waals surface area contributed by atoms with E-state index in [0.29, 0.717) is 23.7 Å². The number of rotatable bonds is 3. The van der Waals surface area contributed by atoms with E-state index in [2.05, 4.69) is 39.5 Å². The molecule has 0 spiro atoms. The molecule has 0 unspecified atom stereocenters. The van der Waals surface area contributed by atoms with Crippen LogP contribution in [-0.4, -0.2) is 12.5 Å². The molecule has 0 bridgehead atoms. The summed E-state index contributed by atoms with van der Waals surface area (Å²) in [5.74, 6) is 0.652. The maximum absolute atomic E-state index is 12.8. The van der Waals surface area contributed by atoms with E-state index in [1.807, 2.05) is 12.1 Å². The van der Waals surface area contributed by atoms with Crippen LogP contribution >= 0.6 is 0 Å². The molecule has 0 atom stereocenters. The molecule has 3 rings (SSSR count). The highest BCUT2D eigenvalue weighted by Gasteiger charge is 2.29. The number of carbonyl (C=O) groups is 1. The Morgan fingerprint density at radius 2 is 1.85 bits per heavy atom. The number of nitrogens with zero attached hydrogens (tertiary/aromatic N) is 1. The molecule has 1 amide bonds. The molecular formula is C22H24N2O2. The lowest BCUT2D eigenvalue weighted by Crippen LogP contribution is -2.37. The van der Waals surface area contributed by atoms with Crippen molar-refractivity contribution >= 4 is 23.4 Å². The molecule has 1 heterocycles. The van der Waals surface area contributed by atoms with Gasteiger partial charge in [-0.15, -0.1) is 6.58 Å². The van der Waals surface area contributed by atoms with Crippen LogP contribution in [0.2, 0.25) is 0 Å². The summed E-state index contributed by atoms with van der Waals surface area (Å²) in [4.78, 5) is 14.5. The van der Waals surface area contributed by atoms with E-state index < -0.39 is 0 Å². The van der Waals surface area contributed by atoms with Gasteiger partial charge < -0.3 is 10.5 Å². The van der Waals surface area contributed by atoms with Crippen LogP contribution in [-0.2, 0) is 10.2 Å². The summed E-state index contributed by atoms with van der Waals surface area (Å²) >= 11 is 0. The van der Waals surface area contributed by atoms with Crippen LogP contribution in [0, 0.1) is 0 Å². The number of nitrogens with two attached hydrogens (primary N) is 1. The third-order valence-corrected chi connectivity index (χ3v) is 4.34. The third kappa shape index (κ3) is 3.49. The Bertz CT molecular complexity index is 874. The summed E-state index contributed by atoms with van der Waals surface area (Å²) in [5, 5.41) is 0. The number of benzene rings is 2. The number of ether oxygens (including phenoxy) is 1. The molecule has 0 saturated carbocycles. The molecule has 0 aromatic heterocycles. The highest BCUT2D eigenvalue weighted by molar-refractivity contribution is 6.10. The van der Waals surface area contributed by atoms with Crippen molar-refractivity contribution in [2.45, 2.75) is 26.2 Å². The Morgan fingerprint density at radius 1 is 1.15 bits per heavy atom. The quantitative estimate of drug-likeness (QED) is 0.504. The van der Waals surface area contributed by atoms with Crippen molar-refractivity contribution in [2.24, 2.45) is 0 Å². The molecule has 0 aliphatic carbocycles. The van der Waals surface area contributed by atoms with E-state index in [9.17, 15) is 4.79 Å². The molecular weight excluding hydrogens is 324 g/mol. The number of anilines is 2. The average molecular weight is 348 g/mol. The zero-order valence-electron chi connectivity index (χ0n) is 15.5. The van der Waals surface area contributed by atoms with Gasteiger partial charge in [0.25, 0.3) is 5.91 Å². The van der Waals surface area contributed by atoms with Crippen molar-refractivity contribution in [3.63, 3.8) is 0 Å². The van der Waals surface area contributed by atoms with Gasteiger partial charge in [0.15, 0.2) is 11.5 Å². The fourth-order valence-electron chi connectivity index (χ4n) is 2.87. The maximum Gasteiger partial charge on any atom is 0.294 e. The minimum Gasteiger partial charge on any atom is -0.449 e. The molecule has 0 saturated heterocycles. The first-order valence-corrected chi connectivity index (χ1v) is 8.62. The second-order valence-electron chi connectivity index (χ2n) is 7.41. The summed E-state index contributed by atoms with van der Waals surface area (Å²) in [6.07, 6.45) is 3.45. The fourth-order valence-corrected chi connectivity index (χ4v) is 2.87. The second kappa shape index (κ2) is 6.71. The van der Waals surface area contributed by atoms with E-state index in [4.69, 9.17) is 10.5 Å². The van der Waals surface area contributed by atoms with E-state index >= 15 is 0 Å². The van der Waals surface area contributed by atoms with Gasteiger partial charge >= 0.3 is 0 Å². The molecule has 134 valence electrons. The summed E-state index contributed by atoms with van der Waals surface area (Å²) in [7, 11) is 0. The highest BCUT2D eigenvalue weighted by atomic mass is 16.5. The third-order valence-electron chi connectivity index (χ3n) is 4.34. The van der Waals surface area contributed by atoms with E-state index in [0.717, 1.165) is 5.56 Å². The first-order valence-electron chi connectivity index (χ1n) is 8.62. The maximum atomic E-state index is 12.8. The predicted molar refractivity (Wildman–Crippen MR) is 107 cm³/mol. The molecule has 2 aromatic rings. The van der Waals surface area contributed by atoms with Crippen molar-refractivity contribution in [1.29, 1.82) is 0 Å². The molecule has 0 radical (unpaired) electrons. The normalized spacial score (nSPS) is 15.6. The van der Waals surface area contributed by atoms with Crippen molar-refractivity contribution in [1.82, 2.24) is 0 Å². The van der Waals surface area contributed by atoms with Crippen LogP contribution in [0.4, 0.5) is 11.4 Å². The molecule has 0 fully saturated rings. The molecule has 2 aromatic carbocycles. The van der Waals surface area contributed by atoms with Gasteiger partial charge in [-0.2, -0.15) is 0 Å². The summed E-state index contributed by atoms with van der Waals surface area (Å²) in [6, 6.07) is 13.4. The Hall–Kier alpha value is -3.01. The van der Waals surface area contributed by atoms with Crippen molar-refractivity contribution < 1.29 is 9.53 Å². The van der Waals surface area contributed by atoms with Crippen LogP contribution in [0.15, 0.2) is 60.9 Å². The van der Waals surface area contributed by atoms with Gasteiger partial charge in [-0.1, -0.05) is 51.1 Å². The number of hydrogen-bond donors (Lipinski definition) is 1. The van der Waals surface area contributed by atoms with Gasteiger partial charge in [-0.3, -0.25) is 9.69 Å². The zero-order chi connectivity index (χ0) is 18.9. The van der Waals surface area contributed by atoms with Gasteiger partial charge in [0.2, 0.25) is 0 Å². The largest absolute Gasteiger partial charge is 0.449 e. The first kappa shape index (κ1) is 17.8. The van der Waals surface area contributed by atoms with Crippen LogP contribution in [0.3, 0.4) is 0 Å². The van der Waals surface area contributed by atoms with Gasteiger partial charge in [-0.05, 0) is 34.8 Å². The topological polar surface area (TPSA) is 55.6 Å². The molecule has 2 N–H and O–H groups in total. The molecule has 4 heteroatoms. The SMILES string of the molecule is C=CCN1C(=O)/C(=C\c2ccc(C(C)(C)C)cc2)Oc2cc(N)ccc21. The minimum atomic E-state index is -0.193. The van der Waals surface area contributed by atoms with Gasteiger partial charge in [-0.25, -0.2) is 0 Å². The Kier molecular flexibility index (Phi) is 4.60. The second-order valence-corrected chi connectivity index (χ2v) is 7.41. The van der Waals surface area contributed by atoms with Gasteiger partial charge in [0.1, 0.15) is 0 Å². The lowest BCUT2D eigenvalue weighted by atomic mass is 9.87. The van der Waals surface area contributed by atoms with E-state index in [-0.39, 0.29) is 17.1 Å². The van der Waals surface area contributed by atoms with Crippen molar-refractivity contribution in [3.8, 4) is 5.75 Å². The lowest BCUT2D eigenvalue weighted by Gasteiger charge is -2.30. The van der Waals surface area contributed by atoms with Crippen molar-refractivity contribution in [3.05, 3.63) is 72.0 Å². The van der Waals surface area contributed by atoms with E-state index in [1.54, 1.807) is 35.3 Å². The fraction of sp³-hybridized carbons (Fsp3) is 0.227. The lowest BCUT2D eigenvalue weighted by molar-refractivity contribution is -0.117. The summed E-state index contributed by atoms with van der Waals surface area (Å²) in [6.45, 7) is 10.7. The summed E-state index contributed by atoms with van der Waals surface area (Å²) in [5.41, 5.74) is 9.39. The summed E-state index contributed by atoms with van der Waals surface area (Å²) < 4.78 is 5.86. The molecule has 26 heavy (non-hydrogen) atoms. The van der Waals surface area contributed by atoms with Gasteiger partial charge in [0.05, 0.1) is 5.69 Å². The number of amides is 1. The Balaban J connectivity index is 1.98. The first-order chi connectivity index (χ1) is 12.3. The standard InChI is InChI=1S/C22H24N2O2/c1-5-12-24-18-11-10-17(23)14-19(18)26-20(21(24)25)13-15-6-8-16(9-7-15)22(2,3)4/h5-11,13-14H,1,12,23H2,2-4H3/b20-13+. The molecule has 1 aliphatic rings. The Morgan fingerprint density at radius 3 is 2.46 bits per heavy atom. The van der Waals surface area contributed by atoms with Crippen LogP contribution in [0.25, 0.3) is 6.08 Å². The molecule has 4 nitrogen and oxygen atoms in total. The minimum absolute atomic E-state index is 0.0834. The van der Waals surface area contributed by atoms with Crippen LogP contribution < -0.4 is 15.4 Å².